The molecule has 0 saturated carbocycles. The van der Waals surface area contributed by atoms with Gasteiger partial charge in [-0.15, -0.1) is 11.3 Å². The van der Waals surface area contributed by atoms with Crippen LogP contribution >= 0.6 is 11.3 Å². The number of aryl methyl sites for hydroxylation is 1. The van der Waals surface area contributed by atoms with Crippen LogP contribution in [0.15, 0.2) is 46.8 Å². The fourth-order valence-corrected chi connectivity index (χ4v) is 4.08. The first-order valence-electron chi connectivity index (χ1n) is 7.33. The van der Waals surface area contributed by atoms with E-state index in [1.165, 1.54) is 28.9 Å². The van der Waals surface area contributed by atoms with Crippen LogP contribution in [-0.2, 0) is 13.0 Å². The number of benzene rings is 1. The molecule has 4 heteroatoms. The molecular weight excluding hydrogens is 280 g/mol. The van der Waals surface area contributed by atoms with Crippen LogP contribution in [0.1, 0.15) is 29.9 Å². The van der Waals surface area contributed by atoms with Gasteiger partial charge in [0.25, 0.3) is 5.56 Å². The van der Waals surface area contributed by atoms with Gasteiger partial charge >= 0.3 is 0 Å². The number of nitrogens with zero attached hydrogens (tertiary/aromatic N) is 2. The van der Waals surface area contributed by atoms with Crippen LogP contribution in [0.5, 0.6) is 0 Å². The van der Waals surface area contributed by atoms with Crippen molar-refractivity contribution in [2.75, 3.05) is 0 Å². The Balaban J connectivity index is 1.72. The molecule has 0 aliphatic heterocycles. The van der Waals surface area contributed by atoms with Crippen molar-refractivity contribution >= 4 is 21.6 Å². The average Bonchev–Trinajstić information content (AvgIpc) is 3.00. The number of thiophene rings is 1. The van der Waals surface area contributed by atoms with Gasteiger partial charge in [-0.1, -0.05) is 24.3 Å². The predicted octanol–water partition coefficient (Wildman–Crippen LogP) is 3.58. The Morgan fingerprint density at radius 3 is 3.14 bits per heavy atom. The van der Waals surface area contributed by atoms with Gasteiger partial charge in [0, 0.05) is 12.5 Å². The van der Waals surface area contributed by atoms with Crippen molar-refractivity contribution in [3.8, 4) is 0 Å². The van der Waals surface area contributed by atoms with E-state index in [-0.39, 0.29) is 5.56 Å². The van der Waals surface area contributed by atoms with Crippen molar-refractivity contribution in [3.05, 3.63) is 63.5 Å². The van der Waals surface area contributed by atoms with E-state index in [0.717, 1.165) is 29.6 Å². The zero-order valence-electron chi connectivity index (χ0n) is 11.7. The van der Waals surface area contributed by atoms with Crippen LogP contribution < -0.4 is 5.56 Å². The van der Waals surface area contributed by atoms with E-state index >= 15 is 0 Å². The van der Waals surface area contributed by atoms with E-state index in [1.54, 1.807) is 10.9 Å². The maximum atomic E-state index is 12.5. The molecule has 0 radical (unpaired) electrons. The van der Waals surface area contributed by atoms with Crippen LogP contribution in [-0.4, -0.2) is 9.55 Å². The van der Waals surface area contributed by atoms with Crippen molar-refractivity contribution < 1.29 is 0 Å². The van der Waals surface area contributed by atoms with Crippen molar-refractivity contribution in [1.29, 1.82) is 0 Å². The van der Waals surface area contributed by atoms with E-state index < -0.39 is 0 Å². The lowest BCUT2D eigenvalue weighted by molar-refractivity contribution is 0.474. The molecule has 2 heterocycles. The summed E-state index contributed by atoms with van der Waals surface area (Å²) >= 11 is 1.48. The van der Waals surface area contributed by atoms with Gasteiger partial charge in [-0.25, -0.2) is 4.98 Å². The summed E-state index contributed by atoms with van der Waals surface area (Å²) in [6, 6.07) is 10.5. The molecule has 4 rings (SSSR count). The summed E-state index contributed by atoms with van der Waals surface area (Å²) in [5.74, 6) is 0.423. The smallest absolute Gasteiger partial charge is 0.271 e. The minimum absolute atomic E-state index is 0.0954. The van der Waals surface area contributed by atoms with Crippen molar-refractivity contribution in [1.82, 2.24) is 9.55 Å². The molecule has 0 amide bonds. The molecule has 1 aromatic carbocycles. The van der Waals surface area contributed by atoms with Crippen molar-refractivity contribution in [3.63, 3.8) is 0 Å². The highest BCUT2D eigenvalue weighted by molar-refractivity contribution is 7.17. The molecule has 0 bridgehead atoms. The van der Waals surface area contributed by atoms with E-state index in [9.17, 15) is 4.79 Å². The number of rotatable bonds is 2. The summed E-state index contributed by atoms with van der Waals surface area (Å²) < 4.78 is 2.55. The van der Waals surface area contributed by atoms with Gasteiger partial charge in [-0.2, -0.15) is 0 Å². The Labute approximate surface area is 126 Å². The van der Waals surface area contributed by atoms with Crippen LogP contribution in [0.25, 0.3) is 10.2 Å². The lowest BCUT2D eigenvalue weighted by Gasteiger charge is -2.25. The lowest BCUT2D eigenvalue weighted by atomic mass is 9.83. The van der Waals surface area contributed by atoms with E-state index in [2.05, 4.69) is 29.2 Å². The van der Waals surface area contributed by atoms with Gasteiger partial charge in [0.05, 0.1) is 11.8 Å². The molecule has 1 atom stereocenters. The number of fused-ring (bicyclic) bond motifs is 2. The van der Waals surface area contributed by atoms with Gasteiger partial charge in [-0.3, -0.25) is 9.36 Å². The third-order valence-corrected chi connectivity index (χ3v) is 5.24. The predicted molar refractivity (Wildman–Crippen MR) is 86.0 cm³/mol. The van der Waals surface area contributed by atoms with E-state index in [1.807, 2.05) is 11.4 Å². The summed E-state index contributed by atoms with van der Waals surface area (Å²) in [6.07, 6.45) is 5.20. The van der Waals surface area contributed by atoms with Crippen LogP contribution in [0.4, 0.5) is 0 Å². The quantitative estimate of drug-likeness (QED) is 0.724. The average molecular weight is 296 g/mol. The standard InChI is InChI=1S/C17H16N2OS/c20-17-16-15(8-9-21-16)18-11-19(17)10-13-6-3-5-12-4-1-2-7-14(12)13/h1-2,4,7-9,11,13H,3,5-6,10H2. The Kier molecular flexibility index (Phi) is 3.11. The maximum Gasteiger partial charge on any atom is 0.271 e. The lowest BCUT2D eigenvalue weighted by Crippen LogP contribution is -2.24. The number of hydrogen-bond donors (Lipinski definition) is 0. The number of hydrogen-bond acceptors (Lipinski definition) is 3. The Morgan fingerprint density at radius 2 is 2.19 bits per heavy atom. The molecule has 0 N–H and O–H groups in total. The fraction of sp³-hybridized carbons (Fsp3) is 0.294. The monoisotopic (exact) mass is 296 g/mol. The van der Waals surface area contributed by atoms with Gasteiger partial charge in [-0.05, 0) is 41.8 Å². The minimum atomic E-state index is 0.0954. The SMILES string of the molecule is O=c1c2sccc2ncn1CC1CCCc2ccccc21. The van der Waals surface area contributed by atoms with Crippen LogP contribution in [0.3, 0.4) is 0 Å². The highest BCUT2D eigenvalue weighted by Gasteiger charge is 2.20. The van der Waals surface area contributed by atoms with Crippen LogP contribution in [0, 0.1) is 0 Å². The second-order valence-electron chi connectivity index (χ2n) is 5.63. The molecular formula is C17H16N2OS. The molecule has 3 aromatic rings. The molecule has 0 fully saturated rings. The molecule has 0 spiro atoms. The maximum absolute atomic E-state index is 12.5. The largest absolute Gasteiger partial charge is 0.297 e. The highest BCUT2D eigenvalue weighted by atomic mass is 32.1. The zero-order valence-corrected chi connectivity index (χ0v) is 12.5. The number of aromatic nitrogens is 2. The second kappa shape index (κ2) is 5.11. The summed E-state index contributed by atoms with van der Waals surface area (Å²) in [7, 11) is 0. The summed E-state index contributed by atoms with van der Waals surface area (Å²) in [5.41, 5.74) is 3.75. The minimum Gasteiger partial charge on any atom is -0.297 e. The van der Waals surface area contributed by atoms with Crippen molar-refractivity contribution in [2.45, 2.75) is 31.7 Å². The molecule has 1 aliphatic carbocycles. The molecule has 0 saturated heterocycles. The Morgan fingerprint density at radius 1 is 1.29 bits per heavy atom. The molecule has 2 aromatic heterocycles. The fourth-order valence-electron chi connectivity index (χ4n) is 3.29. The first-order chi connectivity index (χ1) is 10.3. The first kappa shape index (κ1) is 12.8. The third kappa shape index (κ3) is 2.20. The zero-order chi connectivity index (χ0) is 14.2. The molecule has 1 unspecified atom stereocenters. The molecule has 1 aliphatic rings. The Hall–Kier alpha value is -1.94. The van der Waals surface area contributed by atoms with Crippen LogP contribution in [0.2, 0.25) is 0 Å². The summed E-state index contributed by atoms with van der Waals surface area (Å²) in [5, 5.41) is 1.93. The summed E-state index contributed by atoms with van der Waals surface area (Å²) in [6.45, 7) is 0.733. The third-order valence-electron chi connectivity index (χ3n) is 4.35. The Bertz CT molecular complexity index is 849. The van der Waals surface area contributed by atoms with Gasteiger partial charge in [0.15, 0.2) is 0 Å². The van der Waals surface area contributed by atoms with Gasteiger partial charge < -0.3 is 0 Å². The molecule has 21 heavy (non-hydrogen) atoms. The first-order valence-corrected chi connectivity index (χ1v) is 8.21. The molecule has 3 nitrogen and oxygen atoms in total. The van der Waals surface area contributed by atoms with Crippen molar-refractivity contribution in [2.24, 2.45) is 0 Å². The topological polar surface area (TPSA) is 34.9 Å². The van der Waals surface area contributed by atoms with E-state index in [0.29, 0.717) is 5.92 Å². The van der Waals surface area contributed by atoms with Gasteiger partial charge in [0.1, 0.15) is 4.70 Å². The summed E-state index contributed by atoms with van der Waals surface area (Å²) in [4.78, 5) is 16.9. The molecule has 106 valence electrons. The normalized spacial score (nSPS) is 17.8. The van der Waals surface area contributed by atoms with Gasteiger partial charge in [0.2, 0.25) is 0 Å². The highest BCUT2D eigenvalue weighted by Crippen LogP contribution is 2.32. The second-order valence-corrected chi connectivity index (χ2v) is 6.54. The van der Waals surface area contributed by atoms with E-state index in [4.69, 9.17) is 0 Å².